The third kappa shape index (κ3) is 5.21. The van der Waals surface area contributed by atoms with E-state index in [1.807, 2.05) is 24.3 Å². The maximum atomic E-state index is 11.6. The van der Waals surface area contributed by atoms with E-state index < -0.39 is 12.0 Å². The van der Waals surface area contributed by atoms with Gasteiger partial charge in [-0.15, -0.1) is 11.6 Å². The van der Waals surface area contributed by atoms with Crippen LogP contribution in [0.1, 0.15) is 49.8 Å². The number of carbonyl (C=O) groups is 2. The van der Waals surface area contributed by atoms with Gasteiger partial charge in [-0.3, -0.25) is 9.59 Å². The van der Waals surface area contributed by atoms with Crippen molar-refractivity contribution in [2.75, 3.05) is 5.88 Å². The molecule has 0 aliphatic rings. The topological polar surface area (TPSA) is 66.4 Å². The molecule has 0 fully saturated rings. The van der Waals surface area contributed by atoms with E-state index in [1.165, 1.54) is 5.56 Å². The minimum absolute atomic E-state index is 0.144. The Hall–Kier alpha value is -1.55. The van der Waals surface area contributed by atoms with Crippen LogP contribution in [0.4, 0.5) is 0 Å². The molecule has 0 radical (unpaired) electrons. The highest BCUT2D eigenvalue weighted by Gasteiger charge is 2.18. The molecule has 0 aliphatic heterocycles. The minimum atomic E-state index is -0.950. The Bertz CT molecular complexity index is 457. The highest BCUT2D eigenvalue weighted by Crippen LogP contribution is 2.21. The molecule has 4 nitrogen and oxygen atoms in total. The van der Waals surface area contributed by atoms with Crippen molar-refractivity contribution < 1.29 is 14.7 Å². The smallest absolute Gasteiger partial charge is 0.305 e. The first kappa shape index (κ1) is 16.5. The lowest BCUT2D eigenvalue weighted by atomic mass is 9.97. The first-order valence-electron chi connectivity index (χ1n) is 6.61. The van der Waals surface area contributed by atoms with Gasteiger partial charge in [-0.1, -0.05) is 38.1 Å². The van der Waals surface area contributed by atoms with Crippen molar-refractivity contribution in [1.29, 1.82) is 0 Å². The summed E-state index contributed by atoms with van der Waals surface area (Å²) in [5, 5.41) is 11.7. The van der Waals surface area contributed by atoms with Crippen molar-refractivity contribution in [3.8, 4) is 0 Å². The largest absolute Gasteiger partial charge is 0.481 e. The Labute approximate surface area is 124 Å². The van der Waals surface area contributed by atoms with Crippen molar-refractivity contribution in [2.24, 2.45) is 0 Å². The second-order valence-electron chi connectivity index (χ2n) is 4.98. The summed E-state index contributed by atoms with van der Waals surface area (Å²) in [6, 6.07) is 7.13. The Morgan fingerprint density at radius 3 is 2.20 bits per heavy atom. The standard InChI is InChI=1S/C15H20ClNO3/c1-10(2)11-3-5-12(6-4-11)13(9-15(19)20)17-14(18)7-8-16/h3-6,10,13H,7-9H2,1-2H3,(H,17,18)(H,19,20)/t13-/m1/s1. The lowest BCUT2D eigenvalue weighted by molar-refractivity contribution is -0.137. The van der Waals surface area contributed by atoms with Gasteiger partial charge in [0, 0.05) is 12.3 Å². The monoisotopic (exact) mass is 297 g/mol. The number of hydrogen-bond acceptors (Lipinski definition) is 2. The van der Waals surface area contributed by atoms with Gasteiger partial charge in [-0.2, -0.15) is 0 Å². The van der Waals surface area contributed by atoms with Crippen LogP contribution >= 0.6 is 11.6 Å². The second-order valence-corrected chi connectivity index (χ2v) is 5.36. The molecule has 1 rings (SSSR count). The highest BCUT2D eigenvalue weighted by atomic mass is 35.5. The molecule has 1 aromatic rings. The minimum Gasteiger partial charge on any atom is -0.481 e. The molecule has 0 spiro atoms. The third-order valence-electron chi connectivity index (χ3n) is 3.04. The molecule has 2 N–H and O–H groups in total. The number of aliphatic carboxylic acids is 1. The molecule has 1 atom stereocenters. The van der Waals surface area contributed by atoms with E-state index in [1.54, 1.807) is 0 Å². The number of carboxylic acids is 1. The number of carboxylic acid groups (broad SMARTS) is 1. The van der Waals surface area contributed by atoms with E-state index >= 15 is 0 Å². The van der Waals surface area contributed by atoms with Gasteiger partial charge >= 0.3 is 5.97 Å². The van der Waals surface area contributed by atoms with E-state index in [-0.39, 0.29) is 24.6 Å². The Morgan fingerprint density at radius 2 is 1.75 bits per heavy atom. The van der Waals surface area contributed by atoms with Crippen molar-refractivity contribution >= 4 is 23.5 Å². The van der Waals surface area contributed by atoms with E-state index in [2.05, 4.69) is 19.2 Å². The fraction of sp³-hybridized carbons (Fsp3) is 0.467. The van der Waals surface area contributed by atoms with Gasteiger partial charge in [0.15, 0.2) is 0 Å². The molecule has 0 unspecified atom stereocenters. The number of amides is 1. The van der Waals surface area contributed by atoms with Gasteiger partial charge < -0.3 is 10.4 Å². The summed E-state index contributed by atoms with van der Waals surface area (Å²) >= 11 is 5.51. The van der Waals surface area contributed by atoms with E-state index in [0.717, 1.165) is 5.56 Å². The zero-order chi connectivity index (χ0) is 15.1. The molecule has 0 bridgehead atoms. The van der Waals surface area contributed by atoms with Gasteiger partial charge in [-0.25, -0.2) is 0 Å². The summed E-state index contributed by atoms with van der Waals surface area (Å²) in [5.74, 6) is -0.557. The normalized spacial score (nSPS) is 12.2. The zero-order valence-electron chi connectivity index (χ0n) is 11.7. The second kappa shape index (κ2) is 7.90. The first-order valence-corrected chi connectivity index (χ1v) is 7.14. The van der Waals surface area contributed by atoms with E-state index in [4.69, 9.17) is 16.7 Å². The molecule has 0 heterocycles. The van der Waals surface area contributed by atoms with Crippen LogP contribution in [0.15, 0.2) is 24.3 Å². The summed E-state index contributed by atoms with van der Waals surface area (Å²) in [6.45, 7) is 4.18. The van der Waals surface area contributed by atoms with Gasteiger partial charge in [0.05, 0.1) is 12.5 Å². The summed E-state index contributed by atoms with van der Waals surface area (Å²) in [7, 11) is 0. The third-order valence-corrected chi connectivity index (χ3v) is 3.23. The van der Waals surface area contributed by atoms with Gasteiger partial charge in [0.2, 0.25) is 5.91 Å². The molecular weight excluding hydrogens is 278 g/mol. The van der Waals surface area contributed by atoms with Crippen LogP contribution < -0.4 is 5.32 Å². The number of halogens is 1. The van der Waals surface area contributed by atoms with E-state index in [9.17, 15) is 9.59 Å². The van der Waals surface area contributed by atoms with Crippen molar-refractivity contribution in [1.82, 2.24) is 5.32 Å². The summed E-state index contributed by atoms with van der Waals surface area (Å²) in [5.41, 5.74) is 1.97. The maximum absolute atomic E-state index is 11.6. The predicted molar refractivity (Wildman–Crippen MR) is 79.0 cm³/mol. The fourth-order valence-electron chi connectivity index (χ4n) is 1.89. The van der Waals surface area contributed by atoms with Crippen molar-refractivity contribution in [3.05, 3.63) is 35.4 Å². The van der Waals surface area contributed by atoms with Crippen molar-refractivity contribution in [2.45, 2.75) is 38.6 Å². The SMILES string of the molecule is CC(C)c1ccc([C@@H](CC(=O)O)NC(=O)CCCl)cc1. The molecule has 5 heteroatoms. The fourth-order valence-corrected chi connectivity index (χ4v) is 2.06. The predicted octanol–water partition coefficient (Wildman–Crippen LogP) is 3.07. The molecule has 0 aromatic heterocycles. The molecule has 1 amide bonds. The summed E-state index contributed by atoms with van der Waals surface area (Å²) in [6.07, 6.45) is 0.0385. The Balaban J connectivity index is 2.86. The molecule has 1 aromatic carbocycles. The molecule has 0 saturated carbocycles. The number of rotatable bonds is 7. The molecule has 20 heavy (non-hydrogen) atoms. The molecular formula is C15H20ClNO3. The molecule has 0 aliphatic carbocycles. The van der Waals surface area contributed by atoms with Crippen LogP contribution in [0.3, 0.4) is 0 Å². The summed E-state index contributed by atoms with van der Waals surface area (Å²) in [4.78, 5) is 22.5. The number of carbonyl (C=O) groups excluding carboxylic acids is 1. The van der Waals surface area contributed by atoms with Crippen LogP contribution in [0, 0.1) is 0 Å². The molecule has 0 saturated heterocycles. The number of hydrogen-bond donors (Lipinski definition) is 2. The quantitative estimate of drug-likeness (QED) is 0.760. The average molecular weight is 298 g/mol. The Morgan fingerprint density at radius 1 is 1.20 bits per heavy atom. The van der Waals surface area contributed by atoms with Crippen LogP contribution in [0.2, 0.25) is 0 Å². The average Bonchev–Trinajstić information content (AvgIpc) is 2.38. The first-order chi connectivity index (χ1) is 9.43. The number of alkyl halides is 1. The van der Waals surface area contributed by atoms with Gasteiger partial charge in [0.1, 0.15) is 0 Å². The molecule has 110 valence electrons. The van der Waals surface area contributed by atoms with Crippen LogP contribution in [-0.4, -0.2) is 22.9 Å². The van der Waals surface area contributed by atoms with Gasteiger partial charge in [0.25, 0.3) is 0 Å². The van der Waals surface area contributed by atoms with E-state index in [0.29, 0.717) is 5.92 Å². The van der Waals surface area contributed by atoms with Crippen LogP contribution in [0.5, 0.6) is 0 Å². The van der Waals surface area contributed by atoms with Crippen LogP contribution in [0.25, 0.3) is 0 Å². The highest BCUT2D eigenvalue weighted by molar-refractivity contribution is 6.18. The van der Waals surface area contributed by atoms with Crippen molar-refractivity contribution in [3.63, 3.8) is 0 Å². The zero-order valence-corrected chi connectivity index (χ0v) is 12.5. The number of benzene rings is 1. The lowest BCUT2D eigenvalue weighted by Gasteiger charge is -2.18. The maximum Gasteiger partial charge on any atom is 0.305 e. The number of nitrogens with one attached hydrogen (secondary N) is 1. The Kier molecular flexibility index (Phi) is 6.52. The summed E-state index contributed by atoms with van der Waals surface area (Å²) < 4.78 is 0. The van der Waals surface area contributed by atoms with Gasteiger partial charge in [-0.05, 0) is 17.0 Å². The lowest BCUT2D eigenvalue weighted by Crippen LogP contribution is -2.30. The van der Waals surface area contributed by atoms with Crippen LogP contribution in [-0.2, 0) is 9.59 Å².